The van der Waals surface area contributed by atoms with Crippen LogP contribution in [-0.2, 0) is 6.42 Å². The van der Waals surface area contributed by atoms with Crippen molar-refractivity contribution >= 4 is 6.08 Å². The average Bonchev–Trinajstić information content (AvgIpc) is 2.39. The molecular weight excluding hydrogens is 226 g/mol. The number of aromatic nitrogens is 1. The molecule has 0 amide bonds. The molecule has 0 N–H and O–H groups in total. The van der Waals surface area contributed by atoms with Crippen molar-refractivity contribution in [3.63, 3.8) is 0 Å². The monoisotopic (exact) mass is 239 g/mol. The van der Waals surface area contributed by atoms with E-state index >= 15 is 0 Å². The number of fused-ring (bicyclic) bond motifs is 1. The van der Waals surface area contributed by atoms with Gasteiger partial charge in [-0.2, -0.15) is 0 Å². The summed E-state index contributed by atoms with van der Waals surface area (Å²) in [6, 6.07) is 7.81. The summed E-state index contributed by atoms with van der Waals surface area (Å²) in [5.74, 6) is 0.411. The smallest absolute Gasteiger partial charge is 0.346 e. The summed E-state index contributed by atoms with van der Waals surface area (Å²) in [5, 5.41) is 0. The van der Waals surface area contributed by atoms with E-state index in [1.807, 2.05) is 37.3 Å². The second-order valence-electron chi connectivity index (χ2n) is 4.47. The SMILES string of the molecule is Cc1ccc(-c2nc3c(c(=O)o2)C=CCC3)cc1. The summed E-state index contributed by atoms with van der Waals surface area (Å²) < 4.78 is 5.28. The fourth-order valence-corrected chi connectivity index (χ4v) is 2.06. The first-order valence-corrected chi connectivity index (χ1v) is 6.01. The minimum Gasteiger partial charge on any atom is -0.403 e. The predicted octanol–water partition coefficient (Wildman–Crippen LogP) is 2.97. The Bertz CT molecular complexity index is 666. The third-order valence-electron chi connectivity index (χ3n) is 3.09. The summed E-state index contributed by atoms with van der Waals surface area (Å²) in [6.07, 6.45) is 5.51. The van der Waals surface area contributed by atoms with Crippen LogP contribution in [0.3, 0.4) is 0 Å². The van der Waals surface area contributed by atoms with Gasteiger partial charge in [-0.05, 0) is 38.0 Å². The minimum absolute atomic E-state index is 0.300. The Labute approximate surface area is 105 Å². The zero-order valence-corrected chi connectivity index (χ0v) is 10.1. The van der Waals surface area contributed by atoms with Crippen LogP contribution < -0.4 is 5.63 Å². The molecule has 3 nitrogen and oxygen atoms in total. The van der Waals surface area contributed by atoms with Gasteiger partial charge in [0.05, 0.1) is 11.3 Å². The molecule has 0 saturated heterocycles. The summed E-state index contributed by atoms with van der Waals surface area (Å²) in [6.45, 7) is 2.02. The van der Waals surface area contributed by atoms with Gasteiger partial charge >= 0.3 is 5.63 Å². The van der Waals surface area contributed by atoms with E-state index in [4.69, 9.17) is 4.42 Å². The van der Waals surface area contributed by atoms with E-state index < -0.39 is 0 Å². The maximum Gasteiger partial charge on any atom is 0.346 e. The van der Waals surface area contributed by atoms with Crippen molar-refractivity contribution < 1.29 is 4.42 Å². The molecule has 1 aliphatic rings. The van der Waals surface area contributed by atoms with Gasteiger partial charge in [-0.1, -0.05) is 23.8 Å². The molecule has 0 fully saturated rings. The lowest BCUT2D eigenvalue weighted by molar-refractivity contribution is 0.499. The summed E-state index contributed by atoms with van der Waals surface area (Å²) >= 11 is 0. The number of hydrogen-bond acceptors (Lipinski definition) is 3. The van der Waals surface area contributed by atoms with E-state index in [9.17, 15) is 4.79 Å². The number of nitrogens with zero attached hydrogens (tertiary/aromatic N) is 1. The van der Waals surface area contributed by atoms with Gasteiger partial charge in [-0.15, -0.1) is 0 Å². The average molecular weight is 239 g/mol. The molecule has 1 aromatic heterocycles. The molecule has 2 aromatic rings. The highest BCUT2D eigenvalue weighted by Crippen LogP contribution is 2.20. The molecule has 18 heavy (non-hydrogen) atoms. The van der Waals surface area contributed by atoms with Crippen LogP contribution in [0.4, 0.5) is 0 Å². The second kappa shape index (κ2) is 4.26. The van der Waals surface area contributed by atoms with Crippen molar-refractivity contribution in [1.82, 2.24) is 4.98 Å². The molecule has 0 atom stereocenters. The Morgan fingerprint density at radius 3 is 2.78 bits per heavy atom. The van der Waals surface area contributed by atoms with E-state index in [1.54, 1.807) is 6.08 Å². The Hall–Kier alpha value is -2.16. The lowest BCUT2D eigenvalue weighted by Gasteiger charge is -2.09. The summed E-state index contributed by atoms with van der Waals surface area (Å²) in [5.41, 5.74) is 3.14. The lowest BCUT2D eigenvalue weighted by atomic mass is 10.0. The van der Waals surface area contributed by atoms with Crippen LogP contribution in [0, 0.1) is 6.92 Å². The van der Waals surface area contributed by atoms with Gasteiger partial charge < -0.3 is 4.42 Å². The van der Waals surface area contributed by atoms with Gasteiger partial charge in [0.25, 0.3) is 0 Å². The van der Waals surface area contributed by atoms with Gasteiger partial charge in [-0.25, -0.2) is 9.78 Å². The van der Waals surface area contributed by atoms with E-state index in [0.717, 1.165) is 24.1 Å². The van der Waals surface area contributed by atoms with Gasteiger partial charge in [0.15, 0.2) is 0 Å². The van der Waals surface area contributed by atoms with Crippen molar-refractivity contribution in [3.8, 4) is 11.5 Å². The Morgan fingerprint density at radius 1 is 1.22 bits per heavy atom. The topological polar surface area (TPSA) is 43.1 Å². The zero-order valence-electron chi connectivity index (χ0n) is 10.1. The number of aryl methyl sites for hydroxylation is 2. The Morgan fingerprint density at radius 2 is 2.00 bits per heavy atom. The largest absolute Gasteiger partial charge is 0.403 e. The van der Waals surface area contributed by atoms with Crippen LogP contribution >= 0.6 is 0 Å². The number of rotatable bonds is 1. The summed E-state index contributed by atoms with van der Waals surface area (Å²) in [7, 11) is 0. The number of allylic oxidation sites excluding steroid dienone is 1. The highest BCUT2D eigenvalue weighted by molar-refractivity contribution is 5.57. The first-order chi connectivity index (χ1) is 8.74. The molecule has 0 unspecified atom stereocenters. The zero-order chi connectivity index (χ0) is 12.5. The number of benzene rings is 1. The molecule has 1 heterocycles. The normalized spacial score (nSPS) is 13.4. The van der Waals surface area contributed by atoms with Crippen LogP contribution in [-0.4, -0.2) is 4.98 Å². The molecule has 0 bridgehead atoms. The maximum atomic E-state index is 11.9. The molecule has 0 saturated carbocycles. The van der Waals surface area contributed by atoms with Gasteiger partial charge in [0.1, 0.15) is 0 Å². The first-order valence-electron chi connectivity index (χ1n) is 6.01. The van der Waals surface area contributed by atoms with E-state index in [-0.39, 0.29) is 5.63 Å². The molecule has 1 aliphatic carbocycles. The second-order valence-corrected chi connectivity index (χ2v) is 4.47. The third kappa shape index (κ3) is 1.88. The van der Waals surface area contributed by atoms with Gasteiger partial charge in [-0.3, -0.25) is 0 Å². The summed E-state index contributed by atoms with van der Waals surface area (Å²) in [4.78, 5) is 16.3. The standard InChI is InChI=1S/C15H13NO2/c1-10-6-8-11(9-7-10)14-16-13-5-3-2-4-12(13)15(17)18-14/h2,4,6-9H,3,5H2,1H3. The maximum absolute atomic E-state index is 11.9. The fourth-order valence-electron chi connectivity index (χ4n) is 2.06. The first kappa shape index (κ1) is 11.0. The van der Waals surface area contributed by atoms with E-state index in [2.05, 4.69) is 4.98 Å². The minimum atomic E-state index is -0.300. The quantitative estimate of drug-likeness (QED) is 0.768. The molecule has 0 aliphatic heterocycles. The van der Waals surface area contributed by atoms with Crippen molar-refractivity contribution in [2.24, 2.45) is 0 Å². The highest BCUT2D eigenvalue weighted by Gasteiger charge is 2.14. The van der Waals surface area contributed by atoms with Crippen molar-refractivity contribution in [3.05, 3.63) is 57.6 Å². The highest BCUT2D eigenvalue weighted by atomic mass is 16.4. The van der Waals surface area contributed by atoms with Crippen LogP contribution in [0.25, 0.3) is 17.5 Å². The van der Waals surface area contributed by atoms with E-state index in [1.165, 1.54) is 5.56 Å². The molecular formula is C15H13NO2. The van der Waals surface area contributed by atoms with Gasteiger partial charge in [0, 0.05) is 5.56 Å². The van der Waals surface area contributed by atoms with Crippen LogP contribution in [0.1, 0.15) is 23.2 Å². The predicted molar refractivity (Wildman–Crippen MR) is 70.3 cm³/mol. The van der Waals surface area contributed by atoms with Crippen molar-refractivity contribution in [2.75, 3.05) is 0 Å². The van der Waals surface area contributed by atoms with Crippen LogP contribution in [0.2, 0.25) is 0 Å². The molecule has 3 rings (SSSR count). The fraction of sp³-hybridized carbons (Fsp3) is 0.200. The van der Waals surface area contributed by atoms with Crippen molar-refractivity contribution in [2.45, 2.75) is 19.8 Å². The molecule has 0 spiro atoms. The van der Waals surface area contributed by atoms with Crippen LogP contribution in [0.15, 0.2) is 39.6 Å². The molecule has 0 radical (unpaired) electrons. The van der Waals surface area contributed by atoms with Crippen molar-refractivity contribution in [1.29, 1.82) is 0 Å². The molecule has 90 valence electrons. The molecule has 1 aromatic carbocycles. The number of hydrogen-bond donors (Lipinski definition) is 0. The molecule has 3 heteroatoms. The van der Waals surface area contributed by atoms with Crippen LogP contribution in [0.5, 0.6) is 0 Å². The van der Waals surface area contributed by atoms with E-state index in [0.29, 0.717) is 11.5 Å². The lowest BCUT2D eigenvalue weighted by Crippen LogP contribution is -2.13. The Balaban J connectivity index is 2.14. The third-order valence-corrected chi connectivity index (χ3v) is 3.09. The Kier molecular flexibility index (Phi) is 2.59. The van der Waals surface area contributed by atoms with Gasteiger partial charge in [0.2, 0.25) is 5.89 Å².